The number of benzene rings is 1. The summed E-state index contributed by atoms with van der Waals surface area (Å²) in [7, 11) is 1.89. The number of carbonyl (C=O) groups excluding carboxylic acids is 1. The molecule has 1 aliphatic rings. The molecule has 1 aromatic carbocycles. The third-order valence-corrected chi connectivity index (χ3v) is 3.35. The molecule has 1 amide bonds. The second kappa shape index (κ2) is 4.17. The smallest absolute Gasteiger partial charge is 0.244 e. The molecule has 1 saturated carbocycles. The highest BCUT2D eigenvalue weighted by atomic mass is 16.2. The molecule has 0 saturated heterocycles. The SMILES string of the molecule is Cn1cnnc1-c1ccc(NC(=O)C2(N)CC2)cc1. The summed E-state index contributed by atoms with van der Waals surface area (Å²) in [5.41, 5.74) is 6.87. The van der Waals surface area contributed by atoms with Crippen LogP contribution in [0.5, 0.6) is 0 Å². The number of hydrogen-bond acceptors (Lipinski definition) is 4. The summed E-state index contributed by atoms with van der Waals surface area (Å²) >= 11 is 0. The quantitative estimate of drug-likeness (QED) is 0.855. The van der Waals surface area contributed by atoms with Gasteiger partial charge in [-0.3, -0.25) is 4.79 Å². The number of aryl methyl sites for hydroxylation is 1. The van der Waals surface area contributed by atoms with E-state index < -0.39 is 5.54 Å². The average Bonchev–Trinajstić information content (AvgIpc) is 3.01. The lowest BCUT2D eigenvalue weighted by atomic mass is 10.2. The average molecular weight is 257 g/mol. The molecule has 6 heteroatoms. The van der Waals surface area contributed by atoms with E-state index >= 15 is 0 Å². The van der Waals surface area contributed by atoms with Gasteiger partial charge in [-0.2, -0.15) is 0 Å². The zero-order valence-electron chi connectivity index (χ0n) is 10.6. The fourth-order valence-corrected chi connectivity index (χ4v) is 1.86. The van der Waals surface area contributed by atoms with Gasteiger partial charge in [-0.25, -0.2) is 0 Å². The van der Waals surface area contributed by atoms with Crippen LogP contribution in [0, 0.1) is 0 Å². The van der Waals surface area contributed by atoms with Crippen molar-refractivity contribution in [1.82, 2.24) is 14.8 Å². The van der Waals surface area contributed by atoms with Gasteiger partial charge >= 0.3 is 0 Å². The minimum absolute atomic E-state index is 0.112. The van der Waals surface area contributed by atoms with Crippen LogP contribution in [0.2, 0.25) is 0 Å². The maximum atomic E-state index is 11.8. The van der Waals surface area contributed by atoms with Crippen LogP contribution in [0.1, 0.15) is 12.8 Å². The molecule has 19 heavy (non-hydrogen) atoms. The highest BCUT2D eigenvalue weighted by Crippen LogP contribution is 2.33. The first kappa shape index (κ1) is 11.9. The monoisotopic (exact) mass is 257 g/mol. The molecule has 0 aliphatic heterocycles. The van der Waals surface area contributed by atoms with Crippen molar-refractivity contribution in [2.75, 3.05) is 5.32 Å². The van der Waals surface area contributed by atoms with Gasteiger partial charge in [0.2, 0.25) is 5.91 Å². The van der Waals surface area contributed by atoms with Crippen LogP contribution < -0.4 is 11.1 Å². The number of nitrogens with one attached hydrogen (secondary N) is 1. The third-order valence-electron chi connectivity index (χ3n) is 3.35. The molecule has 0 spiro atoms. The van der Waals surface area contributed by atoms with E-state index in [1.54, 1.807) is 6.33 Å². The number of carbonyl (C=O) groups is 1. The molecule has 0 atom stereocenters. The molecule has 0 radical (unpaired) electrons. The van der Waals surface area contributed by atoms with Crippen LogP contribution in [-0.4, -0.2) is 26.2 Å². The number of anilines is 1. The minimum Gasteiger partial charge on any atom is -0.324 e. The lowest BCUT2D eigenvalue weighted by Crippen LogP contribution is -2.37. The van der Waals surface area contributed by atoms with E-state index in [0.717, 1.165) is 29.9 Å². The highest BCUT2D eigenvalue weighted by Gasteiger charge is 2.45. The first-order valence-electron chi connectivity index (χ1n) is 6.13. The summed E-state index contributed by atoms with van der Waals surface area (Å²) in [6.07, 6.45) is 3.17. The van der Waals surface area contributed by atoms with E-state index in [9.17, 15) is 4.79 Å². The predicted molar refractivity (Wildman–Crippen MR) is 71.2 cm³/mol. The van der Waals surface area contributed by atoms with Crippen molar-refractivity contribution in [2.24, 2.45) is 12.8 Å². The molecule has 1 fully saturated rings. The highest BCUT2D eigenvalue weighted by molar-refractivity contribution is 6.00. The summed E-state index contributed by atoms with van der Waals surface area (Å²) < 4.78 is 1.84. The second-order valence-electron chi connectivity index (χ2n) is 4.95. The first-order chi connectivity index (χ1) is 9.08. The van der Waals surface area contributed by atoms with Crippen LogP contribution in [0.4, 0.5) is 5.69 Å². The Morgan fingerprint density at radius 1 is 1.37 bits per heavy atom. The Hall–Kier alpha value is -2.21. The van der Waals surface area contributed by atoms with Crippen molar-refractivity contribution in [3.8, 4) is 11.4 Å². The van der Waals surface area contributed by atoms with E-state index in [-0.39, 0.29) is 5.91 Å². The number of hydrogen-bond donors (Lipinski definition) is 2. The third kappa shape index (κ3) is 2.22. The molecule has 1 aliphatic carbocycles. The van der Waals surface area contributed by atoms with Crippen molar-refractivity contribution in [3.05, 3.63) is 30.6 Å². The van der Waals surface area contributed by atoms with Gasteiger partial charge in [-0.05, 0) is 37.1 Å². The molecule has 0 bridgehead atoms. The van der Waals surface area contributed by atoms with Crippen LogP contribution in [-0.2, 0) is 11.8 Å². The first-order valence-corrected chi connectivity index (χ1v) is 6.13. The van der Waals surface area contributed by atoms with E-state index in [0.29, 0.717) is 0 Å². The van der Waals surface area contributed by atoms with E-state index in [1.165, 1.54) is 0 Å². The predicted octanol–water partition coefficient (Wildman–Crippen LogP) is 0.912. The minimum atomic E-state index is -0.651. The molecule has 98 valence electrons. The Labute approximate surface area is 110 Å². The summed E-state index contributed by atoms with van der Waals surface area (Å²) in [5, 5.41) is 10.7. The van der Waals surface area contributed by atoms with E-state index in [1.807, 2.05) is 35.9 Å². The maximum absolute atomic E-state index is 11.8. The fraction of sp³-hybridized carbons (Fsp3) is 0.308. The zero-order valence-corrected chi connectivity index (χ0v) is 10.6. The number of amides is 1. The fourth-order valence-electron chi connectivity index (χ4n) is 1.86. The normalized spacial score (nSPS) is 16.1. The molecule has 0 unspecified atom stereocenters. The van der Waals surface area contributed by atoms with Gasteiger partial charge in [0, 0.05) is 18.3 Å². The van der Waals surface area contributed by atoms with Gasteiger partial charge in [0.05, 0.1) is 5.54 Å². The summed E-state index contributed by atoms with van der Waals surface area (Å²) in [6, 6.07) is 7.48. The summed E-state index contributed by atoms with van der Waals surface area (Å²) in [5.74, 6) is 0.675. The van der Waals surface area contributed by atoms with Crippen molar-refractivity contribution in [2.45, 2.75) is 18.4 Å². The van der Waals surface area contributed by atoms with Gasteiger partial charge in [-0.1, -0.05) is 0 Å². The lowest BCUT2D eigenvalue weighted by molar-refractivity contribution is -0.118. The van der Waals surface area contributed by atoms with Gasteiger partial charge in [0.15, 0.2) is 5.82 Å². The Morgan fingerprint density at radius 3 is 2.58 bits per heavy atom. The number of rotatable bonds is 3. The summed E-state index contributed by atoms with van der Waals surface area (Å²) in [4.78, 5) is 11.8. The van der Waals surface area contributed by atoms with Crippen LogP contribution >= 0.6 is 0 Å². The van der Waals surface area contributed by atoms with E-state index in [4.69, 9.17) is 5.73 Å². The van der Waals surface area contributed by atoms with Crippen molar-refractivity contribution < 1.29 is 4.79 Å². The van der Waals surface area contributed by atoms with Gasteiger partial charge in [0.1, 0.15) is 6.33 Å². The standard InChI is InChI=1S/C13H15N5O/c1-18-8-15-17-11(18)9-2-4-10(5-3-9)16-12(19)13(14)6-7-13/h2-5,8H,6-7,14H2,1H3,(H,16,19). The van der Waals surface area contributed by atoms with Crippen LogP contribution in [0.3, 0.4) is 0 Å². The maximum Gasteiger partial charge on any atom is 0.244 e. The van der Waals surface area contributed by atoms with Crippen LogP contribution in [0.25, 0.3) is 11.4 Å². The zero-order chi connectivity index (χ0) is 13.5. The van der Waals surface area contributed by atoms with E-state index in [2.05, 4.69) is 15.5 Å². The number of aromatic nitrogens is 3. The Balaban J connectivity index is 1.76. The molecule has 3 N–H and O–H groups in total. The van der Waals surface area contributed by atoms with Gasteiger partial charge in [-0.15, -0.1) is 10.2 Å². The van der Waals surface area contributed by atoms with Crippen LogP contribution in [0.15, 0.2) is 30.6 Å². The Kier molecular flexibility index (Phi) is 2.60. The van der Waals surface area contributed by atoms with Crippen molar-refractivity contribution in [1.29, 1.82) is 0 Å². The molecule has 2 aromatic rings. The summed E-state index contributed by atoms with van der Waals surface area (Å²) in [6.45, 7) is 0. The van der Waals surface area contributed by atoms with Gasteiger partial charge < -0.3 is 15.6 Å². The molecule has 1 heterocycles. The Bertz CT molecular complexity index is 612. The molecular weight excluding hydrogens is 242 g/mol. The van der Waals surface area contributed by atoms with Gasteiger partial charge in [0.25, 0.3) is 0 Å². The van der Waals surface area contributed by atoms with Crippen molar-refractivity contribution in [3.63, 3.8) is 0 Å². The second-order valence-corrected chi connectivity index (χ2v) is 4.95. The lowest BCUT2D eigenvalue weighted by Gasteiger charge is -2.10. The number of nitrogens with zero attached hydrogens (tertiary/aromatic N) is 3. The largest absolute Gasteiger partial charge is 0.324 e. The molecule has 3 rings (SSSR count). The Morgan fingerprint density at radius 2 is 2.05 bits per heavy atom. The topological polar surface area (TPSA) is 85.8 Å². The van der Waals surface area contributed by atoms with Crippen molar-refractivity contribution >= 4 is 11.6 Å². The molecular formula is C13H15N5O. The number of nitrogens with two attached hydrogens (primary N) is 1. The molecule has 1 aromatic heterocycles. The molecule has 6 nitrogen and oxygen atoms in total.